The monoisotopic (exact) mass is 286 g/mol. The van der Waals surface area contributed by atoms with Gasteiger partial charge >= 0.3 is 0 Å². The molecule has 1 nitrogen and oxygen atoms in total. The van der Waals surface area contributed by atoms with Crippen LogP contribution < -0.4 is 0 Å². The minimum atomic E-state index is 0.292. The highest BCUT2D eigenvalue weighted by molar-refractivity contribution is 5.81. The molecule has 1 heteroatoms. The summed E-state index contributed by atoms with van der Waals surface area (Å²) in [6.45, 7) is 2.25. The van der Waals surface area contributed by atoms with Gasteiger partial charge in [-0.2, -0.15) is 0 Å². The molecule has 0 fully saturated rings. The summed E-state index contributed by atoms with van der Waals surface area (Å²) >= 11 is 0. The van der Waals surface area contributed by atoms with Crippen LogP contribution in [0.5, 0.6) is 0 Å². The fourth-order valence-corrected chi connectivity index (χ4v) is 3.43. The van der Waals surface area contributed by atoms with Gasteiger partial charge in [-0.3, -0.25) is 4.79 Å². The third-order valence-electron chi connectivity index (χ3n) is 4.83. The molecule has 1 aromatic carbocycles. The molecule has 2 rings (SSSR count). The van der Waals surface area contributed by atoms with E-state index < -0.39 is 0 Å². The molecule has 0 aliphatic heterocycles. The van der Waals surface area contributed by atoms with E-state index in [2.05, 4.69) is 31.2 Å². The van der Waals surface area contributed by atoms with Gasteiger partial charge in [-0.15, -0.1) is 0 Å². The van der Waals surface area contributed by atoms with Gasteiger partial charge in [0.25, 0.3) is 0 Å². The van der Waals surface area contributed by atoms with E-state index in [0.29, 0.717) is 11.7 Å². The number of fused-ring (bicyclic) bond motifs is 1. The van der Waals surface area contributed by atoms with E-state index in [4.69, 9.17) is 0 Å². The number of aryl methyl sites for hydroxylation is 1. The smallest absolute Gasteiger partial charge is 0.136 e. The highest BCUT2D eigenvalue weighted by Gasteiger charge is 2.23. The molecule has 1 unspecified atom stereocenters. The Balaban J connectivity index is 1.64. The third kappa shape index (κ3) is 5.30. The summed E-state index contributed by atoms with van der Waals surface area (Å²) in [4.78, 5) is 12.3. The molecule has 1 aliphatic carbocycles. The lowest BCUT2D eigenvalue weighted by molar-refractivity contribution is -0.123. The Labute approximate surface area is 130 Å². The topological polar surface area (TPSA) is 17.1 Å². The number of Topliss-reactive ketones (excluding diaryl/α,β-unsaturated/α-hetero) is 1. The number of hydrogen-bond donors (Lipinski definition) is 0. The average Bonchev–Trinajstić information content (AvgIpc) is 2.53. The standard InChI is InChI=1S/C20H30O/c1-2-3-4-5-6-7-8-13-20(21)19-15-14-17-11-9-10-12-18(17)16-19/h9-12,19H,2-8,13-16H2,1H3. The van der Waals surface area contributed by atoms with Crippen LogP contribution in [-0.4, -0.2) is 5.78 Å². The fraction of sp³-hybridized carbons (Fsp3) is 0.650. The summed E-state index contributed by atoms with van der Waals surface area (Å²) in [6, 6.07) is 8.62. The van der Waals surface area contributed by atoms with Crippen molar-refractivity contribution in [1.82, 2.24) is 0 Å². The Morgan fingerprint density at radius 1 is 1.00 bits per heavy atom. The maximum Gasteiger partial charge on any atom is 0.136 e. The summed E-state index contributed by atoms with van der Waals surface area (Å²) < 4.78 is 0. The van der Waals surface area contributed by atoms with Crippen molar-refractivity contribution in [3.05, 3.63) is 35.4 Å². The lowest BCUT2D eigenvalue weighted by Gasteiger charge is -2.23. The molecular weight excluding hydrogens is 256 g/mol. The molecule has 1 aliphatic rings. The first-order valence-corrected chi connectivity index (χ1v) is 8.90. The first kappa shape index (κ1) is 16.3. The molecule has 0 bridgehead atoms. The van der Waals surface area contributed by atoms with Crippen molar-refractivity contribution in [3.8, 4) is 0 Å². The van der Waals surface area contributed by atoms with Crippen LogP contribution in [0.3, 0.4) is 0 Å². The predicted octanol–water partition coefficient (Wildman–Crippen LogP) is 5.50. The molecule has 0 spiro atoms. The first-order valence-electron chi connectivity index (χ1n) is 8.90. The molecule has 21 heavy (non-hydrogen) atoms. The second-order valence-electron chi connectivity index (χ2n) is 6.55. The Kier molecular flexibility index (Phi) is 6.99. The zero-order chi connectivity index (χ0) is 14.9. The van der Waals surface area contributed by atoms with E-state index in [1.165, 1.54) is 49.7 Å². The van der Waals surface area contributed by atoms with Gasteiger partial charge in [-0.05, 0) is 36.8 Å². The molecule has 0 aromatic heterocycles. The molecule has 1 atom stereocenters. The molecule has 0 heterocycles. The fourth-order valence-electron chi connectivity index (χ4n) is 3.43. The molecule has 0 radical (unpaired) electrons. The van der Waals surface area contributed by atoms with Crippen molar-refractivity contribution >= 4 is 5.78 Å². The maximum atomic E-state index is 12.3. The van der Waals surface area contributed by atoms with Crippen molar-refractivity contribution in [2.75, 3.05) is 0 Å². The Hall–Kier alpha value is -1.11. The second kappa shape index (κ2) is 9.02. The van der Waals surface area contributed by atoms with Crippen LogP contribution in [0.25, 0.3) is 0 Å². The number of benzene rings is 1. The van der Waals surface area contributed by atoms with Crippen molar-refractivity contribution in [2.45, 2.75) is 77.6 Å². The van der Waals surface area contributed by atoms with Crippen LogP contribution in [0.1, 0.15) is 75.8 Å². The quantitative estimate of drug-likeness (QED) is 0.548. The summed E-state index contributed by atoms with van der Waals surface area (Å²) in [7, 11) is 0. The lowest BCUT2D eigenvalue weighted by Crippen LogP contribution is -2.22. The highest BCUT2D eigenvalue weighted by Crippen LogP contribution is 2.27. The Morgan fingerprint density at radius 3 is 2.43 bits per heavy atom. The molecule has 1 aromatic rings. The van der Waals surface area contributed by atoms with Gasteiger partial charge in [0, 0.05) is 12.3 Å². The van der Waals surface area contributed by atoms with Crippen molar-refractivity contribution in [3.63, 3.8) is 0 Å². The van der Waals surface area contributed by atoms with E-state index in [1.807, 2.05) is 0 Å². The third-order valence-corrected chi connectivity index (χ3v) is 4.83. The normalized spacial score (nSPS) is 17.5. The molecule has 0 saturated carbocycles. The highest BCUT2D eigenvalue weighted by atomic mass is 16.1. The first-order chi connectivity index (χ1) is 10.3. The lowest BCUT2D eigenvalue weighted by atomic mass is 9.80. The number of hydrogen-bond acceptors (Lipinski definition) is 1. The van der Waals surface area contributed by atoms with E-state index >= 15 is 0 Å². The number of ketones is 1. The number of carbonyl (C=O) groups excluding carboxylic acids is 1. The van der Waals surface area contributed by atoms with E-state index in [0.717, 1.165) is 32.1 Å². The summed E-state index contributed by atoms with van der Waals surface area (Å²) in [6.07, 6.45) is 13.0. The molecule has 0 N–H and O–H groups in total. The van der Waals surface area contributed by atoms with Crippen molar-refractivity contribution in [2.24, 2.45) is 5.92 Å². The van der Waals surface area contributed by atoms with Gasteiger partial charge in [0.2, 0.25) is 0 Å². The second-order valence-corrected chi connectivity index (χ2v) is 6.55. The van der Waals surface area contributed by atoms with Gasteiger partial charge in [0.15, 0.2) is 0 Å². The molecule has 0 saturated heterocycles. The van der Waals surface area contributed by atoms with Crippen LogP contribution in [0.15, 0.2) is 24.3 Å². The average molecular weight is 286 g/mol. The maximum absolute atomic E-state index is 12.3. The summed E-state index contributed by atoms with van der Waals surface area (Å²) in [5, 5.41) is 0. The van der Waals surface area contributed by atoms with Crippen LogP contribution in [0.4, 0.5) is 0 Å². The van der Waals surface area contributed by atoms with Gasteiger partial charge in [-0.25, -0.2) is 0 Å². The van der Waals surface area contributed by atoms with Gasteiger partial charge in [0.05, 0.1) is 0 Å². The molecule has 0 amide bonds. The van der Waals surface area contributed by atoms with Crippen molar-refractivity contribution in [1.29, 1.82) is 0 Å². The van der Waals surface area contributed by atoms with Crippen molar-refractivity contribution < 1.29 is 4.79 Å². The summed E-state index contributed by atoms with van der Waals surface area (Å²) in [5.41, 5.74) is 2.86. The van der Waals surface area contributed by atoms with Crippen LogP contribution in [0, 0.1) is 5.92 Å². The molecular formula is C20H30O. The number of unbranched alkanes of at least 4 members (excludes halogenated alkanes) is 6. The van der Waals surface area contributed by atoms with E-state index in [9.17, 15) is 4.79 Å². The minimum Gasteiger partial charge on any atom is -0.299 e. The van der Waals surface area contributed by atoms with E-state index in [-0.39, 0.29) is 0 Å². The van der Waals surface area contributed by atoms with Gasteiger partial charge < -0.3 is 0 Å². The zero-order valence-corrected chi connectivity index (χ0v) is 13.6. The zero-order valence-electron chi connectivity index (χ0n) is 13.6. The Bertz CT molecular complexity index is 435. The van der Waals surface area contributed by atoms with Crippen LogP contribution >= 0.6 is 0 Å². The summed E-state index contributed by atoms with van der Waals surface area (Å²) in [5.74, 6) is 0.804. The molecule has 116 valence electrons. The van der Waals surface area contributed by atoms with Gasteiger partial charge in [0.1, 0.15) is 5.78 Å². The van der Waals surface area contributed by atoms with Crippen LogP contribution in [0.2, 0.25) is 0 Å². The number of rotatable bonds is 9. The predicted molar refractivity (Wildman–Crippen MR) is 89.6 cm³/mol. The largest absolute Gasteiger partial charge is 0.299 e. The van der Waals surface area contributed by atoms with Gasteiger partial charge in [-0.1, -0.05) is 69.7 Å². The van der Waals surface area contributed by atoms with Crippen LogP contribution in [-0.2, 0) is 17.6 Å². The minimum absolute atomic E-state index is 0.292. The number of carbonyl (C=O) groups is 1. The van der Waals surface area contributed by atoms with E-state index in [1.54, 1.807) is 0 Å². The Morgan fingerprint density at radius 2 is 1.67 bits per heavy atom. The SMILES string of the molecule is CCCCCCCCCC(=O)C1CCc2ccccc2C1.